The van der Waals surface area contributed by atoms with Crippen LogP contribution in [0.1, 0.15) is 31.2 Å². The van der Waals surface area contributed by atoms with Gasteiger partial charge in [0.15, 0.2) is 0 Å². The van der Waals surface area contributed by atoms with Gasteiger partial charge in [-0.2, -0.15) is 13.2 Å². The molecule has 0 saturated carbocycles. The largest absolute Gasteiger partial charge is 0.480 e. The molecule has 7 nitrogen and oxygen atoms in total. The minimum absolute atomic E-state index is 0.146. The van der Waals surface area contributed by atoms with Crippen molar-refractivity contribution in [3.05, 3.63) is 83.2 Å². The minimum Gasteiger partial charge on any atom is -0.480 e. The summed E-state index contributed by atoms with van der Waals surface area (Å²) >= 11 is 0. The highest BCUT2D eigenvalue weighted by molar-refractivity contribution is 5.84. The molecule has 0 unspecified atom stereocenters. The Bertz CT molecular complexity index is 1630. The van der Waals surface area contributed by atoms with Gasteiger partial charge in [0.1, 0.15) is 0 Å². The number of ether oxygens (including phenoxy) is 1. The summed E-state index contributed by atoms with van der Waals surface area (Å²) in [6, 6.07) is 16.9. The lowest BCUT2D eigenvalue weighted by molar-refractivity contribution is -0.137. The first kappa shape index (κ1) is 26.1. The average Bonchev–Trinajstić information content (AvgIpc) is 2.97. The van der Waals surface area contributed by atoms with Gasteiger partial charge < -0.3 is 19.9 Å². The predicted molar refractivity (Wildman–Crippen MR) is 150 cm³/mol. The molecule has 40 heavy (non-hydrogen) atoms. The van der Waals surface area contributed by atoms with E-state index in [0.717, 1.165) is 84.4 Å². The summed E-state index contributed by atoms with van der Waals surface area (Å²) in [5.41, 5.74) is 4.51. The summed E-state index contributed by atoms with van der Waals surface area (Å²) < 4.78 is 47.4. The van der Waals surface area contributed by atoms with Crippen LogP contribution in [-0.4, -0.2) is 42.0 Å². The maximum Gasteiger partial charge on any atom is 0.416 e. The maximum atomic E-state index is 13.3. The molecule has 2 N–H and O–H groups in total. The zero-order chi connectivity index (χ0) is 27.7. The van der Waals surface area contributed by atoms with Crippen LogP contribution in [0, 0.1) is 0 Å². The molecule has 2 aromatic carbocycles. The quantitative estimate of drug-likeness (QED) is 0.306. The molecule has 1 saturated heterocycles. The highest BCUT2D eigenvalue weighted by atomic mass is 19.4. The Kier molecular flexibility index (Phi) is 7.02. The number of nitrogens with zero attached hydrogens (tertiary/aromatic N) is 4. The van der Waals surface area contributed by atoms with Crippen LogP contribution in [0.25, 0.3) is 28.1 Å². The normalized spacial score (nSPS) is 17.1. The number of methoxy groups -OCH3 is 1. The molecule has 3 aliphatic heterocycles. The van der Waals surface area contributed by atoms with Gasteiger partial charge in [-0.1, -0.05) is 12.1 Å². The molecular formula is C30H29F3N6O. The van der Waals surface area contributed by atoms with Crippen molar-refractivity contribution in [2.45, 2.75) is 37.9 Å². The van der Waals surface area contributed by atoms with Gasteiger partial charge in [-0.15, -0.1) is 0 Å². The van der Waals surface area contributed by atoms with Crippen molar-refractivity contribution in [3.63, 3.8) is 0 Å². The van der Waals surface area contributed by atoms with Crippen molar-refractivity contribution in [2.75, 3.05) is 25.5 Å². The second kappa shape index (κ2) is 10.8. The first-order valence-electron chi connectivity index (χ1n) is 13.3. The van der Waals surface area contributed by atoms with E-state index in [4.69, 9.17) is 14.7 Å². The smallest absolute Gasteiger partial charge is 0.416 e. The fourth-order valence-corrected chi connectivity index (χ4v) is 5.25. The number of nitrogens with one attached hydrogen (secondary N) is 2. The Hall–Kier alpha value is -4.18. The molecule has 206 valence electrons. The molecular weight excluding hydrogens is 517 g/mol. The van der Waals surface area contributed by atoms with Crippen LogP contribution in [0.15, 0.2) is 82.2 Å². The first-order chi connectivity index (χ1) is 19.4. The number of aliphatic imine (C=N–C) groups is 1. The zero-order valence-corrected chi connectivity index (χ0v) is 22.0. The first-order valence-corrected chi connectivity index (χ1v) is 13.3. The fourth-order valence-electron chi connectivity index (χ4n) is 5.25. The number of fused-ring (bicyclic) bond motifs is 2. The third kappa shape index (κ3) is 5.19. The monoisotopic (exact) mass is 546 g/mol. The molecule has 6 rings (SSSR count). The van der Waals surface area contributed by atoms with Crippen LogP contribution in [0.2, 0.25) is 0 Å². The predicted octanol–water partition coefficient (Wildman–Crippen LogP) is 5.89. The van der Waals surface area contributed by atoms with Crippen LogP contribution in [0.4, 0.5) is 18.9 Å². The summed E-state index contributed by atoms with van der Waals surface area (Å²) in [5.74, 6) is 0.533. The Balaban J connectivity index is 1.59. The van der Waals surface area contributed by atoms with Gasteiger partial charge in [-0.05, 0) is 87.3 Å². The Labute approximate surface area is 229 Å². The molecule has 0 atom stereocenters. The van der Waals surface area contributed by atoms with Gasteiger partial charge in [0, 0.05) is 11.9 Å². The summed E-state index contributed by atoms with van der Waals surface area (Å²) in [6.07, 6.45) is 0.803. The summed E-state index contributed by atoms with van der Waals surface area (Å²) in [5, 5.41) is 7.66. The molecule has 0 amide bonds. The lowest BCUT2D eigenvalue weighted by Crippen LogP contribution is -2.31. The Morgan fingerprint density at radius 3 is 2.58 bits per heavy atom. The second-order valence-electron chi connectivity index (χ2n) is 9.91. The van der Waals surface area contributed by atoms with Crippen molar-refractivity contribution in [2.24, 2.45) is 9.98 Å². The van der Waals surface area contributed by atoms with E-state index in [2.05, 4.69) is 15.6 Å². The van der Waals surface area contributed by atoms with Crippen molar-refractivity contribution in [1.29, 1.82) is 0 Å². The van der Waals surface area contributed by atoms with Gasteiger partial charge in [0.05, 0.1) is 57.9 Å². The molecule has 10 heteroatoms. The molecule has 0 aromatic heterocycles. The van der Waals surface area contributed by atoms with Crippen molar-refractivity contribution >= 4 is 22.9 Å². The number of rotatable bonds is 5. The van der Waals surface area contributed by atoms with E-state index in [-0.39, 0.29) is 6.04 Å². The number of allylic oxidation sites excluding steroid dienone is 1. The summed E-state index contributed by atoms with van der Waals surface area (Å²) in [6.45, 7) is 1.80. The number of piperidine rings is 1. The number of halogens is 3. The van der Waals surface area contributed by atoms with Gasteiger partial charge in [0.2, 0.25) is 5.88 Å². The third-order valence-electron chi connectivity index (χ3n) is 7.25. The SMILES string of the molecule is COC1=C(Nc2cc3nc4ccccc4n(-c4ccc(C(F)(F)F)cc4)c-3cc2=NC2CCNCC2)CCC=N1. The number of alkyl halides is 3. The number of hydrogen-bond acceptors (Lipinski definition) is 6. The highest BCUT2D eigenvalue weighted by Gasteiger charge is 2.30. The van der Waals surface area contributed by atoms with Crippen LogP contribution in [0.3, 0.4) is 0 Å². The molecule has 0 radical (unpaired) electrons. The van der Waals surface area contributed by atoms with Gasteiger partial charge >= 0.3 is 6.18 Å². The Morgan fingerprint density at radius 2 is 1.82 bits per heavy atom. The third-order valence-corrected chi connectivity index (χ3v) is 7.25. The van der Waals surface area contributed by atoms with Crippen molar-refractivity contribution in [1.82, 2.24) is 14.9 Å². The van der Waals surface area contributed by atoms with Gasteiger partial charge in [0.25, 0.3) is 0 Å². The van der Waals surface area contributed by atoms with E-state index in [1.165, 1.54) is 12.1 Å². The lowest BCUT2D eigenvalue weighted by atomic mass is 10.1. The van der Waals surface area contributed by atoms with E-state index < -0.39 is 11.7 Å². The molecule has 0 bridgehead atoms. The summed E-state index contributed by atoms with van der Waals surface area (Å²) in [7, 11) is 1.60. The van der Waals surface area contributed by atoms with Crippen LogP contribution >= 0.6 is 0 Å². The van der Waals surface area contributed by atoms with Crippen LogP contribution in [-0.2, 0) is 10.9 Å². The van der Waals surface area contributed by atoms with Gasteiger partial charge in [-0.25, -0.2) is 9.98 Å². The maximum absolute atomic E-state index is 13.3. The topological polar surface area (TPSA) is 75.8 Å². The van der Waals surface area contributed by atoms with Crippen LogP contribution in [0.5, 0.6) is 0 Å². The summed E-state index contributed by atoms with van der Waals surface area (Å²) in [4.78, 5) is 14.5. The van der Waals surface area contributed by atoms with E-state index in [1.807, 2.05) is 47.2 Å². The second-order valence-corrected chi connectivity index (χ2v) is 9.91. The molecule has 4 aliphatic rings. The lowest BCUT2D eigenvalue weighted by Gasteiger charge is -2.23. The van der Waals surface area contributed by atoms with E-state index in [1.54, 1.807) is 7.11 Å². The average molecular weight is 547 g/mol. The number of para-hydroxylation sites is 2. The van der Waals surface area contributed by atoms with E-state index in [9.17, 15) is 13.2 Å². The molecule has 1 aliphatic carbocycles. The minimum atomic E-state index is -4.41. The number of benzene rings is 3. The number of anilines is 1. The number of hydrogen-bond donors (Lipinski definition) is 2. The van der Waals surface area contributed by atoms with E-state index in [0.29, 0.717) is 17.3 Å². The Morgan fingerprint density at radius 1 is 1.05 bits per heavy atom. The number of aromatic nitrogens is 2. The standard InChI is InChI=1S/C30H29F3N6O/c1-40-29-23(6-4-14-35-29)38-24-17-26-28(18-25(24)36-20-12-15-34-16-13-20)39(27-7-3-2-5-22(27)37-26)21-10-8-19(9-11-21)30(31,32)33/h2-3,5,7-11,14,17-18,20,34,38H,4,6,12-13,15-16H2,1H3. The van der Waals surface area contributed by atoms with Gasteiger partial charge in [-0.3, -0.25) is 4.99 Å². The molecule has 1 fully saturated rings. The van der Waals surface area contributed by atoms with E-state index >= 15 is 0 Å². The molecule has 0 spiro atoms. The fraction of sp³-hybridized carbons (Fsp3) is 0.300. The molecule has 2 aromatic rings. The van der Waals surface area contributed by atoms with Crippen molar-refractivity contribution in [3.8, 4) is 17.1 Å². The zero-order valence-electron chi connectivity index (χ0n) is 22.0. The van der Waals surface area contributed by atoms with Crippen molar-refractivity contribution < 1.29 is 17.9 Å². The molecule has 3 heterocycles. The highest BCUT2D eigenvalue weighted by Crippen LogP contribution is 2.33. The van der Waals surface area contributed by atoms with Crippen LogP contribution < -0.4 is 16.0 Å².